The van der Waals surface area contributed by atoms with Gasteiger partial charge in [-0.15, -0.1) is 0 Å². The minimum absolute atomic E-state index is 0.158. The summed E-state index contributed by atoms with van der Waals surface area (Å²) in [6, 6.07) is 0. The number of fused-ring (bicyclic) bond motifs is 1. The maximum Gasteiger partial charge on any atom is 0.287 e. The highest BCUT2D eigenvalue weighted by Gasteiger charge is 2.27. The minimum atomic E-state index is -0.173. The fourth-order valence-electron chi connectivity index (χ4n) is 2.91. The third-order valence-electron chi connectivity index (χ3n) is 4.36. The Bertz CT molecular complexity index is 578. The summed E-state index contributed by atoms with van der Waals surface area (Å²) in [6.07, 6.45) is 5.78. The van der Waals surface area contributed by atoms with Gasteiger partial charge in [-0.05, 0) is 38.0 Å². The molecule has 134 valence electrons. The predicted octanol–water partition coefficient (Wildman–Crippen LogP) is 2.53. The highest BCUT2D eigenvalue weighted by molar-refractivity contribution is 5.97. The standard InChI is InChI=1S/C18H30N4O2/c1-4-5-10-19-18(24)16-21-15(14-8-6-7-12-22(14)16)17(23)20-11-9-13(2)3/h13H,4-12H2,1-3H3,(H,19,24)(H,20,23). The lowest BCUT2D eigenvalue weighted by atomic mass is 10.1. The van der Waals surface area contributed by atoms with Crippen LogP contribution in [-0.2, 0) is 13.0 Å². The second kappa shape index (κ2) is 8.85. The van der Waals surface area contributed by atoms with Gasteiger partial charge in [0.15, 0.2) is 5.82 Å². The lowest BCUT2D eigenvalue weighted by Gasteiger charge is -2.17. The first kappa shape index (κ1) is 18.5. The number of hydrogen-bond donors (Lipinski definition) is 2. The van der Waals surface area contributed by atoms with Crippen LogP contribution in [0.5, 0.6) is 0 Å². The van der Waals surface area contributed by atoms with Crippen molar-refractivity contribution in [1.29, 1.82) is 0 Å². The first-order valence-corrected chi connectivity index (χ1v) is 9.20. The van der Waals surface area contributed by atoms with Gasteiger partial charge in [0.05, 0.1) is 5.69 Å². The molecule has 2 amide bonds. The third-order valence-corrected chi connectivity index (χ3v) is 4.36. The molecule has 1 aliphatic heterocycles. The van der Waals surface area contributed by atoms with Crippen molar-refractivity contribution in [3.8, 4) is 0 Å². The van der Waals surface area contributed by atoms with Gasteiger partial charge >= 0.3 is 0 Å². The monoisotopic (exact) mass is 334 g/mol. The molecule has 2 heterocycles. The Morgan fingerprint density at radius 3 is 2.62 bits per heavy atom. The van der Waals surface area contributed by atoms with Crippen LogP contribution in [-0.4, -0.2) is 34.5 Å². The normalized spacial score (nSPS) is 13.7. The summed E-state index contributed by atoms with van der Waals surface area (Å²) in [7, 11) is 0. The van der Waals surface area contributed by atoms with Gasteiger partial charge in [-0.2, -0.15) is 0 Å². The van der Waals surface area contributed by atoms with Crippen LogP contribution in [0.15, 0.2) is 0 Å². The van der Waals surface area contributed by atoms with Crippen LogP contribution in [0.25, 0.3) is 0 Å². The molecule has 2 rings (SSSR count). The van der Waals surface area contributed by atoms with Crippen molar-refractivity contribution >= 4 is 11.8 Å². The molecule has 1 aromatic rings. The fourth-order valence-corrected chi connectivity index (χ4v) is 2.91. The second-order valence-corrected chi connectivity index (χ2v) is 6.89. The number of nitrogens with one attached hydrogen (secondary N) is 2. The molecule has 0 saturated carbocycles. The van der Waals surface area contributed by atoms with Crippen LogP contribution in [0.1, 0.15) is 79.7 Å². The molecule has 0 aliphatic carbocycles. The van der Waals surface area contributed by atoms with Gasteiger partial charge in [-0.1, -0.05) is 27.2 Å². The number of amides is 2. The number of aromatic nitrogens is 2. The Hall–Kier alpha value is -1.85. The first-order chi connectivity index (χ1) is 11.5. The van der Waals surface area contributed by atoms with E-state index in [9.17, 15) is 9.59 Å². The van der Waals surface area contributed by atoms with Crippen molar-refractivity contribution < 1.29 is 9.59 Å². The van der Waals surface area contributed by atoms with E-state index in [0.717, 1.165) is 50.8 Å². The van der Waals surface area contributed by atoms with E-state index in [0.29, 0.717) is 30.5 Å². The SMILES string of the molecule is CCCCNC(=O)c1nc(C(=O)NCCC(C)C)c2n1CCCC2. The molecule has 1 aromatic heterocycles. The summed E-state index contributed by atoms with van der Waals surface area (Å²) in [6.45, 7) is 8.39. The van der Waals surface area contributed by atoms with Crippen LogP contribution in [0, 0.1) is 5.92 Å². The Morgan fingerprint density at radius 2 is 1.92 bits per heavy atom. The highest BCUT2D eigenvalue weighted by Crippen LogP contribution is 2.21. The number of rotatable bonds is 8. The Morgan fingerprint density at radius 1 is 1.17 bits per heavy atom. The quantitative estimate of drug-likeness (QED) is 0.717. The number of carbonyl (C=O) groups excluding carboxylic acids is 2. The van der Waals surface area contributed by atoms with E-state index in [4.69, 9.17) is 0 Å². The maximum atomic E-state index is 12.5. The first-order valence-electron chi connectivity index (χ1n) is 9.20. The van der Waals surface area contributed by atoms with Gasteiger partial charge < -0.3 is 15.2 Å². The van der Waals surface area contributed by atoms with Gasteiger partial charge in [0.1, 0.15) is 5.69 Å². The molecule has 0 radical (unpaired) electrons. The van der Waals surface area contributed by atoms with Crippen molar-refractivity contribution in [2.75, 3.05) is 13.1 Å². The molecule has 24 heavy (non-hydrogen) atoms. The van der Waals surface area contributed by atoms with Crippen molar-refractivity contribution in [2.24, 2.45) is 5.92 Å². The molecule has 0 bridgehead atoms. The molecule has 0 saturated heterocycles. The van der Waals surface area contributed by atoms with Crippen LogP contribution < -0.4 is 10.6 Å². The molecule has 0 unspecified atom stereocenters. The summed E-state index contributed by atoms with van der Waals surface area (Å²) in [4.78, 5) is 29.3. The van der Waals surface area contributed by atoms with E-state index >= 15 is 0 Å². The maximum absolute atomic E-state index is 12.5. The largest absolute Gasteiger partial charge is 0.351 e. The molecule has 6 nitrogen and oxygen atoms in total. The molecule has 0 aromatic carbocycles. The van der Waals surface area contributed by atoms with E-state index in [1.165, 1.54) is 0 Å². The van der Waals surface area contributed by atoms with E-state index in [1.54, 1.807) is 0 Å². The van der Waals surface area contributed by atoms with E-state index < -0.39 is 0 Å². The number of carbonyl (C=O) groups is 2. The van der Waals surface area contributed by atoms with Gasteiger partial charge in [0.2, 0.25) is 0 Å². The Labute approximate surface area is 144 Å². The molecule has 6 heteroatoms. The van der Waals surface area contributed by atoms with Crippen LogP contribution >= 0.6 is 0 Å². The van der Waals surface area contributed by atoms with Gasteiger partial charge in [-0.25, -0.2) is 4.98 Å². The van der Waals surface area contributed by atoms with Crippen molar-refractivity contribution in [2.45, 2.75) is 65.8 Å². The van der Waals surface area contributed by atoms with Crippen molar-refractivity contribution in [1.82, 2.24) is 20.2 Å². The zero-order valence-electron chi connectivity index (χ0n) is 15.2. The molecule has 0 fully saturated rings. The summed E-state index contributed by atoms with van der Waals surface area (Å²) in [5.41, 5.74) is 1.34. The summed E-state index contributed by atoms with van der Waals surface area (Å²) in [5, 5.41) is 5.84. The number of hydrogen-bond acceptors (Lipinski definition) is 3. The topological polar surface area (TPSA) is 76.0 Å². The van der Waals surface area contributed by atoms with Crippen molar-refractivity contribution in [3.05, 3.63) is 17.2 Å². The molecule has 0 spiro atoms. The van der Waals surface area contributed by atoms with Gasteiger partial charge in [0, 0.05) is 19.6 Å². The van der Waals surface area contributed by atoms with Crippen LogP contribution in [0.4, 0.5) is 0 Å². The highest BCUT2D eigenvalue weighted by atomic mass is 16.2. The van der Waals surface area contributed by atoms with E-state index in [-0.39, 0.29) is 11.8 Å². The smallest absolute Gasteiger partial charge is 0.287 e. The van der Waals surface area contributed by atoms with E-state index in [2.05, 4.69) is 36.4 Å². The molecule has 1 aliphatic rings. The van der Waals surface area contributed by atoms with Gasteiger partial charge in [-0.3, -0.25) is 9.59 Å². The average Bonchev–Trinajstić information content (AvgIpc) is 2.94. The summed E-state index contributed by atoms with van der Waals surface area (Å²) in [5.74, 6) is 0.595. The van der Waals surface area contributed by atoms with E-state index in [1.807, 2.05) is 4.57 Å². The molecular weight excluding hydrogens is 304 g/mol. The average molecular weight is 334 g/mol. The zero-order chi connectivity index (χ0) is 17.5. The van der Waals surface area contributed by atoms with Gasteiger partial charge in [0.25, 0.3) is 11.8 Å². The lowest BCUT2D eigenvalue weighted by Crippen LogP contribution is -2.28. The zero-order valence-corrected chi connectivity index (χ0v) is 15.2. The minimum Gasteiger partial charge on any atom is -0.351 e. The summed E-state index contributed by atoms with van der Waals surface area (Å²) >= 11 is 0. The third kappa shape index (κ3) is 4.58. The molecule has 2 N–H and O–H groups in total. The fraction of sp³-hybridized carbons (Fsp3) is 0.722. The molecular formula is C18H30N4O2. The van der Waals surface area contributed by atoms with Crippen molar-refractivity contribution in [3.63, 3.8) is 0 Å². The lowest BCUT2D eigenvalue weighted by molar-refractivity contribution is 0.0937. The van der Waals surface area contributed by atoms with Crippen LogP contribution in [0.2, 0.25) is 0 Å². The number of unbranched alkanes of at least 4 members (excludes halogenated alkanes) is 1. The van der Waals surface area contributed by atoms with Crippen LogP contribution in [0.3, 0.4) is 0 Å². The summed E-state index contributed by atoms with van der Waals surface area (Å²) < 4.78 is 1.93. The Balaban J connectivity index is 2.13. The number of imidazole rings is 1. The number of nitrogens with zero attached hydrogens (tertiary/aromatic N) is 2. The Kier molecular flexibility index (Phi) is 6.82. The second-order valence-electron chi connectivity index (χ2n) is 6.89. The predicted molar refractivity (Wildman–Crippen MR) is 94.2 cm³/mol. The molecule has 0 atom stereocenters.